The number of hydrogen-bond donors (Lipinski definition) is 1. The summed E-state index contributed by atoms with van der Waals surface area (Å²) in [6.45, 7) is 35.4. The lowest BCUT2D eigenvalue weighted by Gasteiger charge is -2.45. The summed E-state index contributed by atoms with van der Waals surface area (Å²) >= 11 is 0. The molecule has 380 valence electrons. The quantitative estimate of drug-likeness (QED) is 0.219. The standard InChI is InChI=1S/C55H92N4O8/c1-48(2)28-24-40(34-52(9,10)56(48)60)64-44-22-20-38(32-46(44)66-42-26-30-50(5,6)58(62-18)54(13,14)36-42)39-21-23-45(65-41-25-29-49(3,4)57(61-17)53(11,12)35-41)47(33-39)67-43-27-31-51(7,8)59(63-19)55(15,16)37-43/h20-23,32-33,40-43,60H,24-31,34-37H2,1-19H3. The zero-order valence-electron chi connectivity index (χ0n) is 45.4. The molecule has 2 aromatic rings. The van der Waals surface area contributed by atoms with Gasteiger partial charge in [-0.3, -0.25) is 0 Å². The van der Waals surface area contributed by atoms with Gasteiger partial charge in [0.1, 0.15) is 24.4 Å². The van der Waals surface area contributed by atoms with Crippen molar-refractivity contribution in [1.29, 1.82) is 0 Å². The molecular formula is C55H92N4O8. The Morgan fingerprint density at radius 2 is 0.642 bits per heavy atom. The Kier molecular flexibility index (Phi) is 15.6. The average Bonchev–Trinajstić information content (AvgIpc) is 3.44. The number of benzene rings is 2. The van der Waals surface area contributed by atoms with E-state index in [1.165, 1.54) is 5.06 Å². The van der Waals surface area contributed by atoms with Crippen molar-refractivity contribution in [2.45, 2.75) is 257 Å². The van der Waals surface area contributed by atoms with Gasteiger partial charge in [0, 0.05) is 70.0 Å². The maximum Gasteiger partial charge on any atom is 0.162 e. The van der Waals surface area contributed by atoms with Crippen LogP contribution in [0.25, 0.3) is 11.1 Å². The predicted octanol–water partition coefficient (Wildman–Crippen LogP) is 12.6. The zero-order chi connectivity index (χ0) is 49.8. The lowest BCUT2D eigenvalue weighted by Crippen LogP contribution is -2.54. The molecule has 4 saturated heterocycles. The molecule has 67 heavy (non-hydrogen) atoms. The third-order valence-corrected chi connectivity index (χ3v) is 15.6. The van der Waals surface area contributed by atoms with Gasteiger partial charge in [-0.1, -0.05) is 12.1 Å². The van der Waals surface area contributed by atoms with E-state index in [4.69, 9.17) is 33.5 Å². The number of nitrogens with zero attached hydrogens (tertiary/aromatic N) is 4. The van der Waals surface area contributed by atoms with Gasteiger partial charge < -0.3 is 38.7 Å². The third-order valence-electron chi connectivity index (χ3n) is 15.6. The Hall–Kier alpha value is -2.68. The molecule has 0 amide bonds. The summed E-state index contributed by atoms with van der Waals surface area (Å²) in [6.07, 6.45) is 9.64. The van der Waals surface area contributed by atoms with Gasteiger partial charge in [0.15, 0.2) is 23.0 Å². The van der Waals surface area contributed by atoms with Gasteiger partial charge in [-0.05, 0) is 198 Å². The lowest BCUT2D eigenvalue weighted by molar-refractivity contribution is -0.246. The van der Waals surface area contributed by atoms with E-state index in [0.717, 1.165) is 93.3 Å². The molecule has 4 heterocycles. The first-order valence-electron chi connectivity index (χ1n) is 25.3. The minimum absolute atomic E-state index is 0.0483. The smallest absolute Gasteiger partial charge is 0.162 e. The number of ether oxygens (including phenoxy) is 4. The third kappa shape index (κ3) is 11.9. The molecule has 4 atom stereocenters. The first kappa shape index (κ1) is 53.7. The molecule has 0 spiro atoms. The Morgan fingerprint density at radius 3 is 0.940 bits per heavy atom. The fourth-order valence-corrected chi connectivity index (χ4v) is 13.1. The van der Waals surface area contributed by atoms with Gasteiger partial charge in [0.05, 0.1) is 21.3 Å². The van der Waals surface area contributed by atoms with Crippen LogP contribution in [0.5, 0.6) is 23.0 Å². The molecule has 0 radical (unpaired) electrons. The molecule has 4 aliphatic heterocycles. The second-order valence-electron chi connectivity index (χ2n) is 25.5. The predicted molar refractivity (Wildman–Crippen MR) is 268 cm³/mol. The van der Waals surface area contributed by atoms with E-state index in [2.05, 4.69) is 162 Å². The monoisotopic (exact) mass is 937 g/mol. The summed E-state index contributed by atoms with van der Waals surface area (Å²) in [5.41, 5.74) is -0.200. The minimum atomic E-state index is -0.484. The van der Waals surface area contributed by atoms with Crippen LogP contribution in [-0.4, -0.2) is 116 Å². The largest absolute Gasteiger partial charge is 0.486 e. The molecule has 0 aromatic heterocycles. The van der Waals surface area contributed by atoms with Crippen molar-refractivity contribution in [3.63, 3.8) is 0 Å². The van der Waals surface area contributed by atoms with Crippen molar-refractivity contribution in [3.8, 4) is 34.1 Å². The SMILES string of the molecule is CON1C(C)(C)CCC(Oc2cc(-c3ccc(OC4CCC(C)(C)N(OC)C(C)(C)C4)c(OC4CCC(C)(C)N(OC)C(C)(C)C4)c3)ccc2OC2CCC(C)(C)N(O)C(C)(C)C2)CC1(C)C. The van der Waals surface area contributed by atoms with Gasteiger partial charge in [0.2, 0.25) is 0 Å². The molecule has 4 unspecified atom stereocenters. The minimum Gasteiger partial charge on any atom is -0.486 e. The van der Waals surface area contributed by atoms with Crippen LogP contribution in [0, 0.1) is 0 Å². The average molecular weight is 937 g/mol. The molecule has 0 saturated carbocycles. The van der Waals surface area contributed by atoms with Crippen molar-refractivity contribution in [2.24, 2.45) is 0 Å². The summed E-state index contributed by atoms with van der Waals surface area (Å²) < 4.78 is 28.6. The first-order chi connectivity index (χ1) is 30.9. The van der Waals surface area contributed by atoms with Crippen molar-refractivity contribution >= 4 is 0 Å². The Bertz CT molecular complexity index is 1990. The summed E-state index contributed by atoms with van der Waals surface area (Å²) in [6, 6.07) is 12.8. The second kappa shape index (κ2) is 19.5. The van der Waals surface area contributed by atoms with Crippen LogP contribution < -0.4 is 18.9 Å². The Labute approximate surface area is 406 Å². The van der Waals surface area contributed by atoms with E-state index in [0.29, 0.717) is 17.9 Å². The van der Waals surface area contributed by atoms with Gasteiger partial charge in [-0.25, -0.2) is 0 Å². The summed E-state index contributed by atoms with van der Waals surface area (Å²) in [5, 5.41) is 19.3. The molecular weight excluding hydrogens is 845 g/mol. The lowest BCUT2D eigenvalue weighted by atomic mass is 9.95. The highest BCUT2D eigenvalue weighted by Gasteiger charge is 2.48. The van der Waals surface area contributed by atoms with Crippen molar-refractivity contribution in [1.82, 2.24) is 20.3 Å². The van der Waals surface area contributed by atoms with Crippen molar-refractivity contribution < 1.29 is 38.7 Å². The van der Waals surface area contributed by atoms with Gasteiger partial charge in [-0.2, -0.15) is 20.3 Å². The summed E-state index contributed by atoms with van der Waals surface area (Å²) in [4.78, 5) is 18.1. The van der Waals surface area contributed by atoms with E-state index in [1.807, 2.05) is 0 Å². The van der Waals surface area contributed by atoms with E-state index >= 15 is 0 Å². The van der Waals surface area contributed by atoms with E-state index < -0.39 is 5.54 Å². The molecule has 12 heteroatoms. The summed E-state index contributed by atoms with van der Waals surface area (Å²) in [5.74, 6) is 2.91. The molecule has 1 N–H and O–H groups in total. The molecule has 4 fully saturated rings. The highest BCUT2D eigenvalue weighted by Crippen LogP contribution is 2.46. The molecule has 0 bridgehead atoms. The van der Waals surface area contributed by atoms with Gasteiger partial charge in [0.25, 0.3) is 0 Å². The van der Waals surface area contributed by atoms with Crippen LogP contribution in [0.3, 0.4) is 0 Å². The highest BCUT2D eigenvalue weighted by atomic mass is 16.7. The molecule has 2 aromatic carbocycles. The Morgan fingerprint density at radius 1 is 0.373 bits per heavy atom. The topological polar surface area (TPSA) is 97.8 Å². The van der Waals surface area contributed by atoms with Crippen molar-refractivity contribution in [2.75, 3.05) is 21.3 Å². The van der Waals surface area contributed by atoms with Gasteiger partial charge >= 0.3 is 0 Å². The molecule has 6 rings (SSSR count). The maximum atomic E-state index is 11.3. The van der Waals surface area contributed by atoms with Gasteiger partial charge in [-0.15, -0.1) is 0 Å². The highest BCUT2D eigenvalue weighted by molar-refractivity contribution is 5.70. The second-order valence-corrected chi connectivity index (χ2v) is 25.5. The zero-order valence-corrected chi connectivity index (χ0v) is 45.4. The number of hydrogen-bond acceptors (Lipinski definition) is 12. The van der Waals surface area contributed by atoms with Crippen LogP contribution in [-0.2, 0) is 14.5 Å². The van der Waals surface area contributed by atoms with Crippen LogP contribution >= 0.6 is 0 Å². The fraction of sp³-hybridized carbons (Fsp3) is 0.782. The number of rotatable bonds is 12. The van der Waals surface area contributed by atoms with E-state index in [9.17, 15) is 5.21 Å². The van der Waals surface area contributed by atoms with Crippen LogP contribution in [0.1, 0.15) is 188 Å². The van der Waals surface area contributed by atoms with Crippen molar-refractivity contribution in [3.05, 3.63) is 36.4 Å². The number of hydroxylamine groups is 8. The Balaban J connectivity index is 1.41. The molecule has 12 nitrogen and oxygen atoms in total. The van der Waals surface area contributed by atoms with E-state index in [-0.39, 0.29) is 63.2 Å². The van der Waals surface area contributed by atoms with Crippen LogP contribution in [0.15, 0.2) is 36.4 Å². The molecule has 0 aliphatic carbocycles. The molecule has 4 aliphatic rings. The normalized spacial score (nSPS) is 29.7. The van der Waals surface area contributed by atoms with Crippen LogP contribution in [0.2, 0.25) is 0 Å². The van der Waals surface area contributed by atoms with E-state index in [1.54, 1.807) is 21.3 Å². The fourth-order valence-electron chi connectivity index (χ4n) is 13.1. The maximum absolute atomic E-state index is 11.3. The summed E-state index contributed by atoms with van der Waals surface area (Å²) in [7, 11) is 5.33. The first-order valence-corrected chi connectivity index (χ1v) is 25.3. The van der Waals surface area contributed by atoms with Crippen LogP contribution in [0.4, 0.5) is 0 Å².